The van der Waals surface area contributed by atoms with Crippen LogP contribution in [-0.2, 0) is 0 Å². The first-order chi connectivity index (χ1) is 12.3. The number of non-ortho nitro benzene ring substituents is 1. The van der Waals surface area contributed by atoms with Crippen molar-refractivity contribution in [3.8, 4) is 11.5 Å². The molecule has 0 aliphatic carbocycles. The molecule has 26 heavy (non-hydrogen) atoms. The molecule has 0 heterocycles. The Kier molecular flexibility index (Phi) is 6.27. The lowest BCUT2D eigenvalue weighted by Crippen LogP contribution is -1.99. The van der Waals surface area contributed by atoms with E-state index in [1.54, 1.807) is 19.1 Å². The van der Waals surface area contributed by atoms with Crippen LogP contribution in [0.3, 0.4) is 0 Å². The summed E-state index contributed by atoms with van der Waals surface area (Å²) in [6.45, 7) is 2.15. The predicted molar refractivity (Wildman–Crippen MR) is 103 cm³/mol. The summed E-state index contributed by atoms with van der Waals surface area (Å²) in [6, 6.07) is 6.42. The number of anilines is 1. The summed E-state index contributed by atoms with van der Waals surface area (Å²) >= 11 is 1.94. The molecule has 0 bridgehead atoms. The smallest absolute Gasteiger partial charge is 0.301 e. The van der Waals surface area contributed by atoms with Crippen LogP contribution in [0.2, 0.25) is 0 Å². The molecule has 0 aliphatic rings. The number of benzene rings is 2. The Morgan fingerprint density at radius 3 is 2.62 bits per heavy atom. The van der Waals surface area contributed by atoms with Crippen molar-refractivity contribution in [2.45, 2.75) is 6.92 Å². The number of hydrogen-bond acceptors (Lipinski definition) is 8. The Hall–Kier alpha value is -2.96. The number of aromatic hydroxyl groups is 1. The maximum Gasteiger partial charge on any atom is 0.301 e. The third-order valence-electron chi connectivity index (χ3n) is 3.14. The minimum atomic E-state index is -0.735. The van der Waals surface area contributed by atoms with E-state index in [4.69, 9.17) is 4.74 Å². The lowest BCUT2D eigenvalue weighted by Gasteiger charge is -2.08. The molecule has 10 nitrogen and oxygen atoms in total. The van der Waals surface area contributed by atoms with Gasteiger partial charge in [-0.1, -0.05) is 0 Å². The normalized spacial score (nSPS) is 10.7. The fourth-order valence-corrected chi connectivity index (χ4v) is 2.61. The van der Waals surface area contributed by atoms with Crippen molar-refractivity contribution < 1.29 is 19.7 Å². The third kappa shape index (κ3) is 4.56. The summed E-state index contributed by atoms with van der Waals surface area (Å²) in [5.74, 6) is 0.311. The van der Waals surface area contributed by atoms with Gasteiger partial charge in [-0.05, 0) is 53.3 Å². The summed E-state index contributed by atoms with van der Waals surface area (Å²) < 4.78 is 5.87. The van der Waals surface area contributed by atoms with Gasteiger partial charge in [0.1, 0.15) is 5.69 Å². The molecule has 11 heteroatoms. The summed E-state index contributed by atoms with van der Waals surface area (Å²) in [4.78, 5) is 20.4. The zero-order chi connectivity index (χ0) is 19.3. The second-order valence-electron chi connectivity index (χ2n) is 4.87. The molecule has 2 rings (SSSR count). The lowest BCUT2D eigenvalue weighted by molar-refractivity contribution is -0.393. The Labute approximate surface area is 160 Å². The fourth-order valence-electron chi connectivity index (χ4n) is 1.99. The highest BCUT2D eigenvalue weighted by Gasteiger charge is 2.19. The molecule has 136 valence electrons. The second-order valence-corrected chi connectivity index (χ2v) is 6.03. The molecule has 2 aromatic carbocycles. The second kappa shape index (κ2) is 8.42. The van der Waals surface area contributed by atoms with Crippen molar-refractivity contribution in [3.05, 3.63) is 59.7 Å². The quantitative estimate of drug-likeness (QED) is 0.271. The first-order valence-electron chi connectivity index (χ1n) is 7.20. The van der Waals surface area contributed by atoms with Crippen molar-refractivity contribution in [2.75, 3.05) is 12.0 Å². The van der Waals surface area contributed by atoms with Gasteiger partial charge >= 0.3 is 5.69 Å². The molecule has 0 spiro atoms. The number of nitro groups is 2. The van der Waals surface area contributed by atoms with E-state index in [1.807, 2.05) is 22.6 Å². The number of hydrazone groups is 1. The Balaban J connectivity index is 2.26. The first-order valence-corrected chi connectivity index (χ1v) is 8.28. The van der Waals surface area contributed by atoms with E-state index in [2.05, 4.69) is 10.5 Å². The minimum Gasteiger partial charge on any atom is -0.504 e. The molecule has 0 aromatic heterocycles. The molecule has 0 radical (unpaired) electrons. The number of phenolic OH excluding ortho intramolecular Hbond substituents is 1. The van der Waals surface area contributed by atoms with E-state index in [1.165, 1.54) is 12.3 Å². The van der Waals surface area contributed by atoms with Crippen molar-refractivity contribution in [2.24, 2.45) is 5.10 Å². The van der Waals surface area contributed by atoms with E-state index in [9.17, 15) is 25.3 Å². The summed E-state index contributed by atoms with van der Waals surface area (Å²) in [5.41, 5.74) is 2.24. The number of nitrogens with zero attached hydrogens (tertiary/aromatic N) is 3. The van der Waals surface area contributed by atoms with Crippen LogP contribution in [0.1, 0.15) is 12.5 Å². The number of halogens is 1. The van der Waals surface area contributed by atoms with Crippen LogP contribution in [0, 0.1) is 23.8 Å². The van der Waals surface area contributed by atoms with Gasteiger partial charge in [0.05, 0.1) is 32.3 Å². The topological polar surface area (TPSA) is 140 Å². The van der Waals surface area contributed by atoms with Gasteiger partial charge < -0.3 is 9.84 Å². The summed E-state index contributed by atoms with van der Waals surface area (Å²) in [5, 5.41) is 35.6. The van der Waals surface area contributed by atoms with Crippen molar-refractivity contribution >= 4 is 45.9 Å². The molecular formula is C15H13IN4O6. The number of rotatable bonds is 7. The maximum absolute atomic E-state index is 11.1. The molecular weight excluding hydrogens is 459 g/mol. The van der Waals surface area contributed by atoms with Crippen LogP contribution < -0.4 is 10.2 Å². The van der Waals surface area contributed by atoms with Crippen LogP contribution in [0.25, 0.3) is 0 Å². The molecule has 0 atom stereocenters. The lowest BCUT2D eigenvalue weighted by atomic mass is 10.2. The van der Waals surface area contributed by atoms with Crippen LogP contribution in [0.15, 0.2) is 35.4 Å². The van der Waals surface area contributed by atoms with Crippen LogP contribution in [0.4, 0.5) is 17.1 Å². The summed E-state index contributed by atoms with van der Waals surface area (Å²) in [6.07, 6.45) is 1.38. The number of ether oxygens (including phenoxy) is 1. The Morgan fingerprint density at radius 2 is 2.00 bits per heavy atom. The van der Waals surface area contributed by atoms with Crippen molar-refractivity contribution in [1.29, 1.82) is 0 Å². The molecule has 0 saturated heterocycles. The van der Waals surface area contributed by atoms with Gasteiger partial charge in [-0.15, -0.1) is 0 Å². The SMILES string of the molecule is CCOc1cc(/C=N/Nc2ccc([N+](=O)[O-])cc2[N+](=O)[O-])cc(I)c1O. The molecule has 0 amide bonds. The van der Waals surface area contributed by atoms with Gasteiger partial charge in [-0.2, -0.15) is 5.10 Å². The van der Waals surface area contributed by atoms with Crippen molar-refractivity contribution in [1.82, 2.24) is 0 Å². The van der Waals surface area contributed by atoms with Gasteiger partial charge in [0.25, 0.3) is 5.69 Å². The fraction of sp³-hybridized carbons (Fsp3) is 0.133. The van der Waals surface area contributed by atoms with E-state index < -0.39 is 15.5 Å². The van der Waals surface area contributed by atoms with Gasteiger partial charge in [-0.3, -0.25) is 25.7 Å². The monoisotopic (exact) mass is 472 g/mol. The van der Waals surface area contributed by atoms with Crippen LogP contribution in [0.5, 0.6) is 11.5 Å². The molecule has 0 aliphatic heterocycles. The Bertz CT molecular complexity index is 887. The zero-order valence-corrected chi connectivity index (χ0v) is 15.5. The highest BCUT2D eigenvalue weighted by atomic mass is 127. The highest BCUT2D eigenvalue weighted by Crippen LogP contribution is 2.32. The largest absolute Gasteiger partial charge is 0.504 e. The number of hydrogen-bond donors (Lipinski definition) is 2. The van der Waals surface area contributed by atoms with Gasteiger partial charge in [0.2, 0.25) is 0 Å². The van der Waals surface area contributed by atoms with Crippen LogP contribution >= 0.6 is 22.6 Å². The Morgan fingerprint density at radius 1 is 1.27 bits per heavy atom. The average molecular weight is 472 g/mol. The molecule has 0 unspecified atom stereocenters. The molecule has 0 saturated carbocycles. The minimum absolute atomic E-state index is 0.00959. The molecule has 2 aromatic rings. The van der Waals surface area contributed by atoms with E-state index in [0.717, 1.165) is 12.1 Å². The average Bonchev–Trinajstić information content (AvgIpc) is 2.59. The standard InChI is InChI=1S/C15H13IN4O6/c1-2-26-14-6-9(5-11(16)15(14)21)8-17-18-12-4-3-10(19(22)23)7-13(12)20(24)25/h3-8,18,21H,2H2,1H3/b17-8+. The third-order valence-corrected chi connectivity index (χ3v) is 3.96. The van der Waals surface area contributed by atoms with E-state index >= 15 is 0 Å². The van der Waals surface area contributed by atoms with Gasteiger partial charge in [0.15, 0.2) is 11.5 Å². The van der Waals surface area contributed by atoms with Crippen molar-refractivity contribution in [3.63, 3.8) is 0 Å². The predicted octanol–water partition coefficient (Wildman–Crippen LogP) is 3.66. The van der Waals surface area contributed by atoms with E-state index in [0.29, 0.717) is 21.5 Å². The van der Waals surface area contributed by atoms with E-state index in [-0.39, 0.29) is 17.1 Å². The number of nitro benzene ring substituents is 2. The zero-order valence-electron chi connectivity index (χ0n) is 13.4. The highest BCUT2D eigenvalue weighted by molar-refractivity contribution is 14.1. The number of phenols is 1. The van der Waals surface area contributed by atoms with Gasteiger partial charge in [0, 0.05) is 6.07 Å². The number of nitrogens with one attached hydrogen (secondary N) is 1. The first kappa shape index (κ1) is 19.4. The maximum atomic E-state index is 11.1. The van der Waals surface area contributed by atoms with Gasteiger partial charge in [-0.25, -0.2) is 0 Å². The van der Waals surface area contributed by atoms with Crippen LogP contribution in [-0.4, -0.2) is 27.8 Å². The molecule has 2 N–H and O–H groups in total. The summed E-state index contributed by atoms with van der Waals surface area (Å²) in [7, 11) is 0. The molecule has 0 fully saturated rings.